The number of amides is 1. The Morgan fingerprint density at radius 3 is 2.39 bits per heavy atom. The van der Waals surface area contributed by atoms with E-state index < -0.39 is 63.8 Å². The molecule has 14 heteroatoms. The molecule has 0 bridgehead atoms. The molecule has 208 valence electrons. The summed E-state index contributed by atoms with van der Waals surface area (Å²) in [6, 6.07) is -1.15. The maximum absolute atomic E-state index is 13.8. The zero-order chi connectivity index (χ0) is 27.6. The molecule has 1 saturated carbocycles. The van der Waals surface area contributed by atoms with E-state index in [2.05, 4.69) is 10.3 Å². The Labute approximate surface area is 230 Å². The van der Waals surface area contributed by atoms with Crippen LogP contribution in [0.25, 0.3) is 5.76 Å². The zero-order valence-corrected chi connectivity index (χ0v) is 22.9. The van der Waals surface area contributed by atoms with Crippen LogP contribution in [0.2, 0.25) is 5.15 Å². The van der Waals surface area contributed by atoms with Gasteiger partial charge in [0.15, 0.2) is 23.0 Å². The van der Waals surface area contributed by atoms with Crippen LogP contribution in [-0.2, 0) is 20.8 Å². The average Bonchev–Trinajstić information content (AvgIpc) is 2.78. The smallest absolute Gasteiger partial charge is 0.255 e. The fourth-order valence-corrected chi connectivity index (χ4v) is 5.93. The second-order valence-corrected chi connectivity index (χ2v) is 10.5. The molecule has 0 unspecified atom stereocenters. The SMILES string of the molecule is CN(C)CCNc1nc(Cl)c2c(c1O)C(O)=C1C(=O)[C@]3(O)C(O)=C(C(N)=O)C(=O)[C@@H](N(C)C)[C@@H]3C[C@@H]1C2.Cl. The highest BCUT2D eigenvalue weighted by atomic mass is 35.5. The number of nitrogens with two attached hydrogens (primary N) is 1. The first-order valence-corrected chi connectivity index (χ1v) is 12.1. The number of aliphatic hydroxyl groups excluding tert-OH is 2. The molecule has 7 N–H and O–H groups in total. The number of ketones is 2. The van der Waals surface area contributed by atoms with Crippen molar-refractivity contribution in [3.8, 4) is 5.75 Å². The quantitative estimate of drug-likeness (QED) is 0.205. The number of rotatable bonds is 6. The number of aromatic nitrogens is 1. The first-order chi connectivity index (χ1) is 17.2. The maximum atomic E-state index is 13.8. The van der Waals surface area contributed by atoms with E-state index >= 15 is 0 Å². The molecule has 0 saturated heterocycles. The number of hydrogen-bond acceptors (Lipinski definition) is 11. The largest absolute Gasteiger partial charge is 0.508 e. The second kappa shape index (κ2) is 10.3. The lowest BCUT2D eigenvalue weighted by molar-refractivity contribution is -0.153. The topological polar surface area (TPSA) is 190 Å². The summed E-state index contributed by atoms with van der Waals surface area (Å²) in [6.45, 7) is 1.01. The number of fused-ring (bicyclic) bond motifs is 3. The molecule has 1 heterocycles. The number of halogens is 2. The van der Waals surface area contributed by atoms with E-state index in [1.165, 1.54) is 19.0 Å². The van der Waals surface area contributed by atoms with Crippen molar-refractivity contribution in [2.45, 2.75) is 24.5 Å². The third-order valence-corrected chi connectivity index (χ3v) is 7.70. The maximum Gasteiger partial charge on any atom is 0.255 e. The molecule has 3 aliphatic carbocycles. The molecule has 0 aliphatic heterocycles. The summed E-state index contributed by atoms with van der Waals surface area (Å²) >= 11 is 6.44. The van der Waals surface area contributed by atoms with Gasteiger partial charge in [-0.25, -0.2) is 4.98 Å². The van der Waals surface area contributed by atoms with E-state index in [0.717, 1.165) is 0 Å². The summed E-state index contributed by atoms with van der Waals surface area (Å²) in [6.07, 6.45) is 0.0532. The Kier molecular flexibility index (Phi) is 8.07. The van der Waals surface area contributed by atoms with Crippen molar-refractivity contribution in [2.24, 2.45) is 17.6 Å². The predicted molar refractivity (Wildman–Crippen MR) is 141 cm³/mol. The van der Waals surface area contributed by atoms with Crippen LogP contribution in [0.15, 0.2) is 16.9 Å². The minimum atomic E-state index is -2.69. The van der Waals surface area contributed by atoms with E-state index in [9.17, 15) is 34.8 Å². The monoisotopic (exact) mass is 571 g/mol. The Hall–Kier alpha value is -2.90. The van der Waals surface area contributed by atoms with Gasteiger partial charge in [-0.05, 0) is 47.0 Å². The van der Waals surface area contributed by atoms with Gasteiger partial charge in [0, 0.05) is 30.1 Å². The van der Waals surface area contributed by atoms with Crippen molar-refractivity contribution < 1.29 is 34.8 Å². The predicted octanol–water partition coefficient (Wildman–Crippen LogP) is 0.408. The number of Topliss-reactive ketones (excluding diaryl/α,β-unsaturated/α-hetero) is 2. The van der Waals surface area contributed by atoms with Gasteiger partial charge < -0.3 is 36.4 Å². The second-order valence-electron chi connectivity index (χ2n) is 10.1. The van der Waals surface area contributed by atoms with Gasteiger partial charge in [0.1, 0.15) is 22.2 Å². The van der Waals surface area contributed by atoms with Gasteiger partial charge in [-0.15, -0.1) is 12.4 Å². The number of likely N-dealkylation sites (N-methyl/N-ethyl adjacent to an activating group) is 2. The van der Waals surface area contributed by atoms with E-state index in [-0.39, 0.29) is 47.4 Å². The molecule has 0 radical (unpaired) electrons. The van der Waals surface area contributed by atoms with E-state index in [0.29, 0.717) is 18.7 Å². The summed E-state index contributed by atoms with van der Waals surface area (Å²) in [4.78, 5) is 46.5. The number of carbonyl (C=O) groups is 3. The molecule has 1 aromatic heterocycles. The Morgan fingerprint density at radius 2 is 1.84 bits per heavy atom. The third-order valence-electron chi connectivity index (χ3n) is 7.39. The summed E-state index contributed by atoms with van der Waals surface area (Å²) in [7, 11) is 6.81. The Morgan fingerprint density at radius 1 is 1.21 bits per heavy atom. The standard InChI is InChI=1S/C24H30ClN5O7.ClH/c1-29(2)6-5-27-23-18(33)13-10(21(25)28-23)7-9-8-11-15(30(3)4)17(32)14(22(26)36)20(35)24(11,37)19(34)12(9)16(13)31;/h9,11,15,31,33,35,37H,5-8H2,1-4H3,(H2,26,36)(H,27,28);1H/t9-,11-,15-,24-;/m0./s1. The number of hydrogen-bond donors (Lipinski definition) is 6. The van der Waals surface area contributed by atoms with Crippen LogP contribution in [0, 0.1) is 11.8 Å². The van der Waals surface area contributed by atoms with Crippen molar-refractivity contribution in [3.05, 3.63) is 33.2 Å². The number of aromatic hydroxyl groups is 1. The number of carbonyl (C=O) groups excluding carboxylic acids is 3. The van der Waals surface area contributed by atoms with Gasteiger partial charge in [-0.2, -0.15) is 0 Å². The fraction of sp³-hybridized carbons (Fsp3) is 0.500. The molecule has 4 rings (SSSR count). The van der Waals surface area contributed by atoms with Gasteiger partial charge in [0.25, 0.3) is 5.91 Å². The van der Waals surface area contributed by atoms with Crippen molar-refractivity contribution >= 4 is 53.1 Å². The molecular formula is C24H31Cl2N5O7. The molecule has 12 nitrogen and oxygen atoms in total. The van der Waals surface area contributed by atoms with Gasteiger partial charge in [0.05, 0.1) is 11.6 Å². The highest BCUT2D eigenvalue weighted by Crippen LogP contribution is 2.53. The highest BCUT2D eigenvalue weighted by Gasteiger charge is 2.64. The van der Waals surface area contributed by atoms with Crippen LogP contribution in [0.5, 0.6) is 5.75 Å². The molecule has 1 amide bonds. The van der Waals surface area contributed by atoms with Crippen molar-refractivity contribution in [3.63, 3.8) is 0 Å². The van der Waals surface area contributed by atoms with Crippen LogP contribution >= 0.6 is 24.0 Å². The van der Waals surface area contributed by atoms with Crippen molar-refractivity contribution in [1.82, 2.24) is 14.8 Å². The Bertz CT molecular complexity index is 1280. The van der Waals surface area contributed by atoms with Crippen LogP contribution in [0.1, 0.15) is 17.5 Å². The number of nitrogens with one attached hydrogen (secondary N) is 1. The molecule has 38 heavy (non-hydrogen) atoms. The summed E-state index contributed by atoms with van der Waals surface area (Å²) in [5.41, 5.74) is 1.73. The minimum Gasteiger partial charge on any atom is -0.508 e. The number of pyridine rings is 1. The van der Waals surface area contributed by atoms with Crippen LogP contribution in [0.3, 0.4) is 0 Å². The zero-order valence-electron chi connectivity index (χ0n) is 21.3. The first-order valence-electron chi connectivity index (χ1n) is 11.7. The molecule has 0 spiro atoms. The molecule has 1 aromatic rings. The van der Waals surface area contributed by atoms with Gasteiger partial charge in [-0.3, -0.25) is 19.3 Å². The summed E-state index contributed by atoms with van der Waals surface area (Å²) < 4.78 is 0. The number of aliphatic hydroxyl groups is 3. The molecule has 3 aliphatic rings. The van der Waals surface area contributed by atoms with Gasteiger partial charge in [-0.1, -0.05) is 11.6 Å². The Balaban J connectivity index is 0.00000400. The van der Waals surface area contributed by atoms with Crippen LogP contribution in [0.4, 0.5) is 5.82 Å². The molecular weight excluding hydrogens is 541 g/mol. The fourth-order valence-electron chi connectivity index (χ4n) is 5.68. The summed E-state index contributed by atoms with van der Waals surface area (Å²) in [5, 5.41) is 47.7. The van der Waals surface area contributed by atoms with Crippen molar-refractivity contribution in [2.75, 3.05) is 46.6 Å². The third kappa shape index (κ3) is 4.30. The highest BCUT2D eigenvalue weighted by molar-refractivity contribution is 6.31. The molecule has 0 aromatic carbocycles. The van der Waals surface area contributed by atoms with Crippen LogP contribution in [-0.4, -0.2) is 106 Å². The normalized spacial score (nSPS) is 26.7. The minimum absolute atomic E-state index is 0. The van der Waals surface area contributed by atoms with E-state index in [1.807, 2.05) is 19.0 Å². The van der Waals surface area contributed by atoms with E-state index in [4.69, 9.17) is 17.3 Å². The number of anilines is 1. The lowest BCUT2D eigenvalue weighted by atomic mass is 9.57. The number of primary amides is 1. The molecule has 1 fully saturated rings. The van der Waals surface area contributed by atoms with Gasteiger partial charge in [0.2, 0.25) is 5.78 Å². The van der Waals surface area contributed by atoms with E-state index in [1.54, 1.807) is 0 Å². The van der Waals surface area contributed by atoms with Crippen molar-refractivity contribution in [1.29, 1.82) is 0 Å². The average molecular weight is 572 g/mol. The lowest BCUT2D eigenvalue weighted by Gasteiger charge is -2.50. The molecule has 4 atom stereocenters. The lowest BCUT2D eigenvalue weighted by Crippen LogP contribution is -2.65. The van der Waals surface area contributed by atoms with Gasteiger partial charge >= 0.3 is 0 Å². The first kappa shape index (κ1) is 29.7. The van der Waals surface area contributed by atoms with Crippen LogP contribution < -0.4 is 11.1 Å². The number of nitrogens with zero attached hydrogens (tertiary/aromatic N) is 3. The summed E-state index contributed by atoms with van der Waals surface area (Å²) in [5.74, 6) is -7.21.